The summed E-state index contributed by atoms with van der Waals surface area (Å²) in [7, 11) is 0. The molecule has 4 nitrogen and oxygen atoms in total. The lowest BCUT2D eigenvalue weighted by Gasteiger charge is -2.22. The molecule has 0 unspecified atom stereocenters. The van der Waals surface area contributed by atoms with Crippen LogP contribution < -0.4 is 10.1 Å². The first kappa shape index (κ1) is 25.0. The van der Waals surface area contributed by atoms with Crippen molar-refractivity contribution in [3.8, 4) is 11.5 Å². The van der Waals surface area contributed by atoms with E-state index >= 15 is 0 Å². The molecule has 0 fully saturated rings. The summed E-state index contributed by atoms with van der Waals surface area (Å²) in [4.78, 5) is 14.9. The largest absolute Gasteiger partial charge is 0.457 e. The Balaban J connectivity index is 0.00000420. The highest BCUT2D eigenvalue weighted by Gasteiger charge is 2.13. The second-order valence-electron chi connectivity index (χ2n) is 7.38. The number of anilines is 1. The summed E-state index contributed by atoms with van der Waals surface area (Å²) in [5.41, 5.74) is 2.90. The van der Waals surface area contributed by atoms with Crippen LogP contribution in [0.4, 0.5) is 5.69 Å². The second-order valence-corrected chi connectivity index (χ2v) is 7.38. The van der Waals surface area contributed by atoms with Crippen LogP contribution in [0.2, 0.25) is 0 Å². The fraction of sp³-hybridized carbons (Fsp3) is 0.458. The fourth-order valence-corrected chi connectivity index (χ4v) is 3.22. The summed E-state index contributed by atoms with van der Waals surface area (Å²) in [5, 5.41) is 3.12. The Kier molecular flexibility index (Phi) is 11.4. The molecule has 29 heavy (non-hydrogen) atoms. The molecule has 0 spiro atoms. The third kappa shape index (κ3) is 8.46. The standard InChI is InChI=1S/C24H34N2O2.ClH/c1-5-7-14-26(15-8-6-2)18-23(27)25-24-19(3)16-22(17-20(24)4)28-21-12-10-9-11-13-21;/h9-13,16-17H,5-8,14-15,18H2,1-4H3,(H,25,27);1H. The lowest BCUT2D eigenvalue weighted by molar-refractivity contribution is -0.117. The van der Waals surface area contributed by atoms with E-state index in [1.807, 2.05) is 56.3 Å². The van der Waals surface area contributed by atoms with E-state index in [1.165, 1.54) is 0 Å². The van der Waals surface area contributed by atoms with Crippen molar-refractivity contribution in [1.82, 2.24) is 4.90 Å². The first-order valence-corrected chi connectivity index (χ1v) is 10.4. The van der Waals surface area contributed by atoms with E-state index in [0.29, 0.717) is 6.54 Å². The van der Waals surface area contributed by atoms with Gasteiger partial charge in [-0.1, -0.05) is 44.9 Å². The maximum Gasteiger partial charge on any atom is 0.238 e. The van der Waals surface area contributed by atoms with Crippen molar-refractivity contribution < 1.29 is 9.53 Å². The van der Waals surface area contributed by atoms with Crippen LogP contribution in [0.3, 0.4) is 0 Å². The van der Waals surface area contributed by atoms with Gasteiger partial charge < -0.3 is 10.1 Å². The van der Waals surface area contributed by atoms with Crippen molar-refractivity contribution in [2.45, 2.75) is 53.4 Å². The molecule has 0 atom stereocenters. The Morgan fingerprint density at radius 3 is 2.00 bits per heavy atom. The monoisotopic (exact) mass is 418 g/mol. The quantitative estimate of drug-likeness (QED) is 0.461. The van der Waals surface area contributed by atoms with Gasteiger partial charge in [0, 0.05) is 5.69 Å². The van der Waals surface area contributed by atoms with Crippen LogP contribution in [-0.4, -0.2) is 30.4 Å². The predicted molar refractivity (Wildman–Crippen MR) is 125 cm³/mol. The number of ether oxygens (including phenoxy) is 1. The number of unbranched alkanes of at least 4 members (excludes halogenated alkanes) is 2. The summed E-state index contributed by atoms with van der Waals surface area (Å²) in [6, 6.07) is 13.7. The molecule has 0 aliphatic carbocycles. The number of carbonyl (C=O) groups is 1. The molecule has 2 aromatic rings. The van der Waals surface area contributed by atoms with Gasteiger partial charge in [0.05, 0.1) is 6.54 Å². The zero-order chi connectivity index (χ0) is 20.4. The van der Waals surface area contributed by atoms with Crippen LogP contribution in [0.25, 0.3) is 0 Å². The van der Waals surface area contributed by atoms with E-state index in [9.17, 15) is 4.79 Å². The maximum absolute atomic E-state index is 12.6. The zero-order valence-corrected chi connectivity index (χ0v) is 19.0. The van der Waals surface area contributed by atoms with Crippen LogP contribution in [0.5, 0.6) is 11.5 Å². The van der Waals surface area contributed by atoms with Crippen LogP contribution in [0.1, 0.15) is 50.7 Å². The minimum atomic E-state index is 0. The number of hydrogen-bond acceptors (Lipinski definition) is 3. The number of hydrogen-bond donors (Lipinski definition) is 1. The highest BCUT2D eigenvalue weighted by atomic mass is 35.5. The molecule has 160 valence electrons. The van der Waals surface area contributed by atoms with Crippen LogP contribution in [0.15, 0.2) is 42.5 Å². The summed E-state index contributed by atoms with van der Waals surface area (Å²) in [6.45, 7) is 10.8. The van der Waals surface area contributed by atoms with Crippen molar-refractivity contribution in [3.05, 3.63) is 53.6 Å². The van der Waals surface area contributed by atoms with E-state index in [1.54, 1.807) is 0 Å². The number of amides is 1. The number of benzene rings is 2. The van der Waals surface area contributed by atoms with Gasteiger partial charge in [0.2, 0.25) is 5.91 Å². The summed E-state index contributed by atoms with van der Waals surface area (Å²) in [5.74, 6) is 1.64. The molecule has 0 heterocycles. The van der Waals surface area contributed by atoms with Gasteiger partial charge in [0.1, 0.15) is 11.5 Å². The number of rotatable bonds is 11. The van der Waals surface area contributed by atoms with Crippen molar-refractivity contribution in [3.63, 3.8) is 0 Å². The van der Waals surface area contributed by atoms with Gasteiger partial charge in [0.25, 0.3) is 0 Å². The van der Waals surface area contributed by atoms with Gasteiger partial charge in [-0.05, 0) is 75.2 Å². The Bertz CT molecular complexity index is 719. The molecule has 0 saturated carbocycles. The van der Waals surface area contributed by atoms with Gasteiger partial charge in [-0.15, -0.1) is 12.4 Å². The average molecular weight is 419 g/mol. The first-order valence-electron chi connectivity index (χ1n) is 10.4. The Hall–Kier alpha value is -2.04. The van der Waals surface area contributed by atoms with Gasteiger partial charge in [-0.2, -0.15) is 0 Å². The smallest absolute Gasteiger partial charge is 0.238 e. The Morgan fingerprint density at radius 2 is 1.48 bits per heavy atom. The van der Waals surface area contributed by atoms with Crippen molar-refractivity contribution in [2.24, 2.45) is 0 Å². The van der Waals surface area contributed by atoms with Gasteiger partial charge in [-0.3, -0.25) is 9.69 Å². The van der Waals surface area contributed by atoms with Crippen molar-refractivity contribution in [2.75, 3.05) is 25.0 Å². The number of halogens is 1. The average Bonchev–Trinajstić information content (AvgIpc) is 2.67. The first-order chi connectivity index (χ1) is 13.5. The number of para-hydroxylation sites is 1. The zero-order valence-electron chi connectivity index (χ0n) is 18.2. The predicted octanol–water partition coefficient (Wildman–Crippen LogP) is 6.36. The number of carbonyl (C=O) groups excluding carboxylic acids is 1. The van der Waals surface area contributed by atoms with Crippen LogP contribution >= 0.6 is 12.4 Å². The third-order valence-electron chi connectivity index (χ3n) is 4.77. The molecule has 0 radical (unpaired) electrons. The topological polar surface area (TPSA) is 41.6 Å². The molecule has 0 aliphatic rings. The minimum absolute atomic E-state index is 0. The number of nitrogens with zero attached hydrogens (tertiary/aromatic N) is 1. The van der Waals surface area contributed by atoms with Gasteiger partial charge in [0.15, 0.2) is 0 Å². The SMILES string of the molecule is CCCCN(CCCC)CC(=O)Nc1c(C)cc(Oc2ccccc2)cc1C.Cl. The highest BCUT2D eigenvalue weighted by Crippen LogP contribution is 2.29. The maximum atomic E-state index is 12.6. The van der Waals surface area contributed by atoms with Crippen LogP contribution in [0, 0.1) is 13.8 Å². The molecule has 5 heteroatoms. The van der Waals surface area contributed by atoms with Crippen molar-refractivity contribution >= 4 is 24.0 Å². The molecular formula is C24H35ClN2O2. The Labute approximate surface area is 182 Å². The molecule has 1 amide bonds. The van der Waals surface area contributed by atoms with Crippen LogP contribution in [-0.2, 0) is 4.79 Å². The molecule has 0 aliphatic heterocycles. The lowest BCUT2D eigenvalue weighted by Crippen LogP contribution is -2.35. The molecule has 0 saturated heterocycles. The number of aryl methyl sites for hydroxylation is 2. The summed E-state index contributed by atoms with van der Waals surface area (Å²) in [6.07, 6.45) is 4.54. The molecule has 0 aromatic heterocycles. The summed E-state index contributed by atoms with van der Waals surface area (Å²) < 4.78 is 5.93. The molecule has 2 aromatic carbocycles. The minimum Gasteiger partial charge on any atom is -0.457 e. The third-order valence-corrected chi connectivity index (χ3v) is 4.77. The van der Waals surface area contributed by atoms with E-state index in [2.05, 4.69) is 24.1 Å². The normalized spacial score (nSPS) is 10.5. The Morgan fingerprint density at radius 1 is 0.931 bits per heavy atom. The fourth-order valence-electron chi connectivity index (χ4n) is 3.22. The van der Waals surface area contributed by atoms with E-state index in [0.717, 1.165) is 67.1 Å². The molecule has 2 rings (SSSR count). The molecule has 1 N–H and O–H groups in total. The summed E-state index contributed by atoms with van der Waals surface area (Å²) >= 11 is 0. The van der Waals surface area contributed by atoms with Gasteiger partial charge in [-0.25, -0.2) is 0 Å². The highest BCUT2D eigenvalue weighted by molar-refractivity contribution is 5.94. The number of nitrogens with one attached hydrogen (secondary N) is 1. The van der Waals surface area contributed by atoms with E-state index in [4.69, 9.17) is 4.74 Å². The van der Waals surface area contributed by atoms with Gasteiger partial charge >= 0.3 is 0 Å². The molecular weight excluding hydrogens is 384 g/mol. The van der Waals surface area contributed by atoms with E-state index in [-0.39, 0.29) is 18.3 Å². The molecule has 0 bridgehead atoms. The lowest BCUT2D eigenvalue weighted by atomic mass is 10.1. The second kappa shape index (κ2) is 13.2. The van der Waals surface area contributed by atoms with Crippen molar-refractivity contribution in [1.29, 1.82) is 0 Å². The van der Waals surface area contributed by atoms with E-state index < -0.39 is 0 Å².